The summed E-state index contributed by atoms with van der Waals surface area (Å²) in [6, 6.07) is 9.06. The first-order chi connectivity index (χ1) is 10.2. The van der Waals surface area contributed by atoms with E-state index in [1.54, 1.807) is 0 Å². The monoisotopic (exact) mass is 353 g/mol. The Balaban J connectivity index is 2.18. The van der Waals surface area contributed by atoms with Gasteiger partial charge in [-0.05, 0) is 50.4 Å². The van der Waals surface area contributed by atoms with Crippen molar-refractivity contribution in [3.63, 3.8) is 0 Å². The summed E-state index contributed by atoms with van der Waals surface area (Å²) in [5.41, 5.74) is 1.39. The molecule has 0 spiro atoms. The zero-order valence-corrected chi connectivity index (χ0v) is 14.9. The van der Waals surface area contributed by atoms with Crippen molar-refractivity contribution in [2.45, 2.75) is 64.0 Å². The molecule has 1 aliphatic carbocycles. The molecule has 1 fully saturated rings. The van der Waals surface area contributed by atoms with Gasteiger partial charge in [-0.25, -0.2) is 0 Å². The lowest BCUT2D eigenvalue weighted by atomic mass is 9.77. The third-order valence-corrected chi connectivity index (χ3v) is 5.04. The van der Waals surface area contributed by atoms with Gasteiger partial charge in [0.25, 0.3) is 0 Å². The lowest BCUT2D eigenvalue weighted by molar-refractivity contribution is -0.0894. The van der Waals surface area contributed by atoms with Crippen molar-refractivity contribution in [1.29, 1.82) is 0 Å². The van der Waals surface area contributed by atoms with Gasteiger partial charge in [0.1, 0.15) is 0 Å². The fourth-order valence-corrected chi connectivity index (χ4v) is 4.07. The molecule has 118 valence electrons. The Morgan fingerprint density at radius 1 is 1.24 bits per heavy atom. The maximum atomic E-state index is 6.31. The summed E-state index contributed by atoms with van der Waals surface area (Å²) in [6.07, 6.45) is 7.34. The van der Waals surface area contributed by atoms with E-state index < -0.39 is 0 Å². The van der Waals surface area contributed by atoms with Crippen LogP contribution in [0, 0.1) is 0 Å². The van der Waals surface area contributed by atoms with Gasteiger partial charge in [0.2, 0.25) is 0 Å². The first-order valence-electron chi connectivity index (χ1n) is 8.32. The first kappa shape index (κ1) is 17.0. The molecule has 0 radical (unpaired) electrons. The van der Waals surface area contributed by atoms with Crippen LogP contribution in [0.1, 0.15) is 51.5 Å². The van der Waals surface area contributed by atoms with E-state index >= 15 is 0 Å². The summed E-state index contributed by atoms with van der Waals surface area (Å²) in [5, 5.41) is 3.71. The molecule has 0 saturated heterocycles. The highest BCUT2D eigenvalue weighted by molar-refractivity contribution is 9.10. The van der Waals surface area contributed by atoms with Gasteiger partial charge in [-0.15, -0.1) is 0 Å². The lowest BCUT2D eigenvalue weighted by Crippen LogP contribution is -2.54. The maximum absolute atomic E-state index is 6.31. The molecular weight excluding hydrogens is 326 g/mol. The van der Waals surface area contributed by atoms with Crippen molar-refractivity contribution in [2.75, 3.05) is 13.2 Å². The summed E-state index contributed by atoms with van der Waals surface area (Å²) >= 11 is 3.58. The number of halogens is 1. The van der Waals surface area contributed by atoms with E-state index in [0.29, 0.717) is 6.04 Å². The standard InChI is InChI=1S/C18H28BrNO/c1-3-20-17(14-15-9-8-10-16(19)13-15)18(21-4-2)11-6-5-7-12-18/h8-10,13,17,20H,3-7,11-12,14H2,1-2H3. The molecule has 0 bridgehead atoms. The smallest absolute Gasteiger partial charge is 0.0837 e. The average molecular weight is 354 g/mol. The van der Waals surface area contributed by atoms with Crippen LogP contribution < -0.4 is 5.32 Å². The molecule has 1 N–H and O–H groups in total. The predicted octanol–water partition coefficient (Wildman–Crippen LogP) is 4.71. The molecule has 0 amide bonds. The molecule has 21 heavy (non-hydrogen) atoms. The Kier molecular flexibility index (Phi) is 6.72. The van der Waals surface area contributed by atoms with Crippen molar-refractivity contribution in [1.82, 2.24) is 5.32 Å². The van der Waals surface area contributed by atoms with Crippen molar-refractivity contribution in [3.05, 3.63) is 34.3 Å². The SMILES string of the molecule is CCNC(Cc1cccc(Br)c1)C1(OCC)CCCCC1. The van der Waals surface area contributed by atoms with E-state index in [1.807, 2.05) is 0 Å². The lowest BCUT2D eigenvalue weighted by Gasteiger charge is -2.44. The molecule has 1 unspecified atom stereocenters. The molecular formula is C18H28BrNO. The van der Waals surface area contributed by atoms with Gasteiger partial charge < -0.3 is 10.1 Å². The van der Waals surface area contributed by atoms with Crippen LogP contribution in [0.5, 0.6) is 0 Å². The van der Waals surface area contributed by atoms with E-state index in [1.165, 1.54) is 37.7 Å². The van der Waals surface area contributed by atoms with Crippen LogP contribution in [0.15, 0.2) is 28.7 Å². The molecule has 2 rings (SSSR count). The van der Waals surface area contributed by atoms with Gasteiger partial charge >= 0.3 is 0 Å². The predicted molar refractivity (Wildman–Crippen MR) is 92.8 cm³/mol. The average Bonchev–Trinajstić information content (AvgIpc) is 2.48. The number of benzene rings is 1. The van der Waals surface area contributed by atoms with Crippen molar-refractivity contribution in [3.8, 4) is 0 Å². The Bertz CT molecular complexity index is 423. The van der Waals surface area contributed by atoms with Crippen LogP contribution in [0.4, 0.5) is 0 Å². The minimum Gasteiger partial charge on any atom is -0.374 e. The first-order valence-corrected chi connectivity index (χ1v) is 9.11. The van der Waals surface area contributed by atoms with Crippen LogP contribution in [-0.4, -0.2) is 24.8 Å². The maximum Gasteiger partial charge on any atom is 0.0837 e. The van der Waals surface area contributed by atoms with E-state index in [4.69, 9.17) is 4.74 Å². The van der Waals surface area contributed by atoms with Crippen LogP contribution >= 0.6 is 15.9 Å². The highest BCUT2D eigenvalue weighted by Gasteiger charge is 2.40. The van der Waals surface area contributed by atoms with Gasteiger partial charge in [-0.3, -0.25) is 0 Å². The minimum absolute atomic E-state index is 0.0192. The molecule has 0 heterocycles. The second kappa shape index (κ2) is 8.30. The van der Waals surface area contributed by atoms with E-state index in [-0.39, 0.29) is 5.60 Å². The Hall–Kier alpha value is -0.380. The molecule has 1 aromatic rings. The zero-order valence-electron chi connectivity index (χ0n) is 13.3. The van der Waals surface area contributed by atoms with Crippen LogP contribution in [0.25, 0.3) is 0 Å². The number of likely N-dealkylation sites (N-methyl/N-ethyl adjacent to an activating group) is 1. The summed E-state index contributed by atoms with van der Waals surface area (Å²) < 4.78 is 7.47. The van der Waals surface area contributed by atoms with Crippen LogP contribution in [0.2, 0.25) is 0 Å². The van der Waals surface area contributed by atoms with Gasteiger partial charge in [0.15, 0.2) is 0 Å². The number of ether oxygens (including phenoxy) is 1. The number of hydrogen-bond acceptors (Lipinski definition) is 2. The van der Waals surface area contributed by atoms with Crippen LogP contribution in [0.3, 0.4) is 0 Å². The largest absolute Gasteiger partial charge is 0.374 e. The summed E-state index contributed by atoms with van der Waals surface area (Å²) in [6.45, 7) is 6.11. The number of nitrogens with one attached hydrogen (secondary N) is 1. The minimum atomic E-state index is 0.0192. The Morgan fingerprint density at radius 3 is 2.62 bits per heavy atom. The van der Waals surface area contributed by atoms with Crippen molar-refractivity contribution < 1.29 is 4.74 Å². The van der Waals surface area contributed by atoms with Gasteiger partial charge in [-0.1, -0.05) is 54.2 Å². The van der Waals surface area contributed by atoms with Gasteiger partial charge in [0, 0.05) is 17.1 Å². The van der Waals surface area contributed by atoms with Gasteiger partial charge in [-0.2, -0.15) is 0 Å². The third-order valence-electron chi connectivity index (χ3n) is 4.55. The fraction of sp³-hybridized carbons (Fsp3) is 0.667. The Labute approximate surface area is 137 Å². The molecule has 0 aliphatic heterocycles. The molecule has 1 aromatic carbocycles. The molecule has 3 heteroatoms. The van der Waals surface area contributed by atoms with Crippen molar-refractivity contribution in [2.24, 2.45) is 0 Å². The summed E-state index contributed by atoms with van der Waals surface area (Å²) in [5.74, 6) is 0. The summed E-state index contributed by atoms with van der Waals surface area (Å²) in [7, 11) is 0. The highest BCUT2D eigenvalue weighted by atomic mass is 79.9. The molecule has 1 atom stereocenters. The van der Waals surface area contributed by atoms with Crippen molar-refractivity contribution >= 4 is 15.9 Å². The second-order valence-electron chi connectivity index (χ2n) is 6.00. The third kappa shape index (κ3) is 4.54. The highest BCUT2D eigenvalue weighted by Crippen LogP contribution is 2.36. The molecule has 2 nitrogen and oxygen atoms in total. The molecule has 0 aromatic heterocycles. The quantitative estimate of drug-likeness (QED) is 0.766. The van der Waals surface area contributed by atoms with E-state index in [2.05, 4.69) is 59.4 Å². The summed E-state index contributed by atoms with van der Waals surface area (Å²) in [4.78, 5) is 0. The molecule has 1 aliphatic rings. The van der Waals surface area contributed by atoms with E-state index in [9.17, 15) is 0 Å². The van der Waals surface area contributed by atoms with Crippen LogP contribution in [-0.2, 0) is 11.2 Å². The topological polar surface area (TPSA) is 21.3 Å². The number of rotatable bonds is 7. The number of hydrogen-bond donors (Lipinski definition) is 1. The van der Waals surface area contributed by atoms with E-state index in [0.717, 1.165) is 24.0 Å². The Morgan fingerprint density at radius 2 is 2.00 bits per heavy atom. The zero-order chi connectivity index (χ0) is 15.1. The fourth-order valence-electron chi connectivity index (χ4n) is 3.62. The second-order valence-corrected chi connectivity index (χ2v) is 6.92. The van der Waals surface area contributed by atoms with Gasteiger partial charge in [0.05, 0.1) is 5.60 Å². The molecule has 1 saturated carbocycles. The normalized spacial score (nSPS) is 19.4.